The zero-order valence-corrected chi connectivity index (χ0v) is 15.7. The number of amides is 2. The third kappa shape index (κ3) is 6.17. The molecule has 3 rings (SSSR count). The van der Waals surface area contributed by atoms with Crippen LogP contribution in [0.1, 0.15) is 12.0 Å². The van der Waals surface area contributed by atoms with Crippen LogP contribution in [0.25, 0.3) is 11.1 Å². The van der Waals surface area contributed by atoms with E-state index in [0.717, 1.165) is 16.7 Å². The minimum Gasteiger partial charge on any atom is -0.483 e. The molecule has 0 aliphatic carbocycles. The van der Waals surface area contributed by atoms with Crippen LogP contribution in [0.15, 0.2) is 78.9 Å². The predicted octanol–water partition coefficient (Wildman–Crippen LogP) is 3.65. The summed E-state index contributed by atoms with van der Waals surface area (Å²) in [5.41, 5.74) is 7.39. The molecule has 3 aromatic rings. The molecule has 2 amide bonds. The van der Waals surface area contributed by atoms with Crippen molar-refractivity contribution in [2.75, 3.05) is 6.61 Å². The van der Waals surface area contributed by atoms with E-state index in [1.54, 1.807) is 18.2 Å². The lowest BCUT2D eigenvalue weighted by atomic mass is 10.1. The van der Waals surface area contributed by atoms with Crippen LogP contribution in [0, 0.1) is 5.82 Å². The molecule has 0 aromatic heterocycles. The summed E-state index contributed by atoms with van der Waals surface area (Å²) in [6, 6.07) is 23.1. The normalized spacial score (nSPS) is 10.2. The van der Waals surface area contributed by atoms with Crippen LogP contribution in [-0.2, 0) is 16.0 Å². The van der Waals surface area contributed by atoms with Gasteiger partial charge in [-0.2, -0.15) is 0 Å². The average molecular weight is 392 g/mol. The van der Waals surface area contributed by atoms with Crippen molar-refractivity contribution >= 4 is 11.8 Å². The number of halogens is 1. The summed E-state index contributed by atoms with van der Waals surface area (Å²) >= 11 is 0. The molecule has 3 aromatic carbocycles. The highest BCUT2D eigenvalue weighted by Crippen LogP contribution is 2.29. The van der Waals surface area contributed by atoms with Gasteiger partial charge >= 0.3 is 0 Å². The fourth-order valence-corrected chi connectivity index (χ4v) is 2.74. The number of carbonyl (C=O) groups excluding carboxylic acids is 2. The van der Waals surface area contributed by atoms with Gasteiger partial charge in [0.25, 0.3) is 5.91 Å². The Bertz CT molecular complexity index is 959. The minimum atomic E-state index is -0.469. The molecule has 0 saturated carbocycles. The minimum absolute atomic E-state index is 0.170. The molecule has 0 bridgehead atoms. The van der Waals surface area contributed by atoms with Crippen molar-refractivity contribution in [3.8, 4) is 16.9 Å². The molecule has 5 nitrogen and oxygen atoms in total. The molecule has 148 valence electrons. The highest BCUT2D eigenvalue weighted by Gasteiger charge is 2.09. The monoisotopic (exact) mass is 392 g/mol. The number of carbonyl (C=O) groups is 2. The average Bonchev–Trinajstić information content (AvgIpc) is 2.76. The van der Waals surface area contributed by atoms with Gasteiger partial charge in [-0.05, 0) is 35.7 Å². The number of benzene rings is 3. The van der Waals surface area contributed by atoms with Crippen molar-refractivity contribution in [2.45, 2.75) is 12.8 Å². The molecule has 0 unspecified atom stereocenters. The van der Waals surface area contributed by atoms with E-state index in [9.17, 15) is 14.0 Å². The number of hydrazine groups is 1. The molecule has 0 heterocycles. The van der Waals surface area contributed by atoms with Gasteiger partial charge in [0.2, 0.25) is 5.91 Å². The molecule has 0 radical (unpaired) electrons. The molecule has 2 N–H and O–H groups in total. The Hall–Kier alpha value is -3.67. The van der Waals surface area contributed by atoms with Gasteiger partial charge in [0.05, 0.1) is 0 Å². The number of ether oxygens (including phenoxy) is 1. The summed E-state index contributed by atoms with van der Waals surface area (Å²) in [6.07, 6.45) is 0.618. The van der Waals surface area contributed by atoms with Crippen molar-refractivity contribution in [2.24, 2.45) is 0 Å². The summed E-state index contributed by atoms with van der Waals surface area (Å²) in [7, 11) is 0. The first-order valence-electron chi connectivity index (χ1n) is 9.21. The van der Waals surface area contributed by atoms with Crippen LogP contribution in [0.5, 0.6) is 5.75 Å². The molecule has 0 fully saturated rings. The van der Waals surface area contributed by atoms with Crippen molar-refractivity contribution in [1.82, 2.24) is 10.9 Å². The maximum Gasteiger partial charge on any atom is 0.276 e. The van der Waals surface area contributed by atoms with Gasteiger partial charge in [-0.1, -0.05) is 60.7 Å². The van der Waals surface area contributed by atoms with Crippen LogP contribution < -0.4 is 15.6 Å². The summed E-state index contributed by atoms with van der Waals surface area (Å²) in [5, 5.41) is 0. The Kier molecular flexibility index (Phi) is 6.95. The predicted molar refractivity (Wildman–Crippen MR) is 108 cm³/mol. The van der Waals surface area contributed by atoms with E-state index in [2.05, 4.69) is 10.9 Å². The lowest BCUT2D eigenvalue weighted by Crippen LogP contribution is -2.43. The van der Waals surface area contributed by atoms with Crippen molar-refractivity contribution in [3.05, 3.63) is 90.2 Å². The van der Waals surface area contributed by atoms with E-state index >= 15 is 0 Å². The van der Waals surface area contributed by atoms with Crippen molar-refractivity contribution < 1.29 is 18.7 Å². The van der Waals surface area contributed by atoms with Gasteiger partial charge in [0.15, 0.2) is 6.61 Å². The van der Waals surface area contributed by atoms with Gasteiger partial charge in [-0.3, -0.25) is 20.4 Å². The second-order valence-corrected chi connectivity index (χ2v) is 6.37. The van der Waals surface area contributed by atoms with E-state index < -0.39 is 5.91 Å². The third-order valence-corrected chi connectivity index (χ3v) is 4.23. The molecule has 0 aliphatic rings. The van der Waals surface area contributed by atoms with E-state index in [0.29, 0.717) is 12.2 Å². The zero-order valence-electron chi connectivity index (χ0n) is 15.7. The first-order chi connectivity index (χ1) is 14.1. The quantitative estimate of drug-likeness (QED) is 0.603. The highest BCUT2D eigenvalue weighted by atomic mass is 19.1. The molecule has 0 spiro atoms. The third-order valence-electron chi connectivity index (χ3n) is 4.23. The van der Waals surface area contributed by atoms with E-state index in [1.165, 1.54) is 12.1 Å². The first kappa shape index (κ1) is 20.1. The molecule has 0 atom stereocenters. The van der Waals surface area contributed by atoms with Crippen molar-refractivity contribution in [1.29, 1.82) is 0 Å². The topological polar surface area (TPSA) is 67.4 Å². The van der Waals surface area contributed by atoms with Crippen LogP contribution in [-0.4, -0.2) is 18.4 Å². The van der Waals surface area contributed by atoms with Gasteiger partial charge in [0.1, 0.15) is 11.6 Å². The van der Waals surface area contributed by atoms with Crippen LogP contribution in [0.3, 0.4) is 0 Å². The van der Waals surface area contributed by atoms with Crippen LogP contribution in [0.2, 0.25) is 0 Å². The van der Waals surface area contributed by atoms with Gasteiger partial charge in [0, 0.05) is 12.0 Å². The summed E-state index contributed by atoms with van der Waals surface area (Å²) in [5.74, 6) is -0.550. The van der Waals surface area contributed by atoms with Gasteiger partial charge < -0.3 is 4.74 Å². The summed E-state index contributed by atoms with van der Waals surface area (Å²) in [4.78, 5) is 23.8. The molecule has 6 heteroatoms. The maximum atomic E-state index is 12.9. The van der Waals surface area contributed by atoms with E-state index in [-0.39, 0.29) is 24.8 Å². The molecular formula is C23H21FN2O3. The van der Waals surface area contributed by atoms with Gasteiger partial charge in [-0.15, -0.1) is 0 Å². The van der Waals surface area contributed by atoms with Crippen LogP contribution in [0.4, 0.5) is 4.39 Å². The number of aryl methyl sites for hydroxylation is 1. The van der Waals surface area contributed by atoms with Gasteiger partial charge in [-0.25, -0.2) is 4.39 Å². The molecule has 0 aliphatic heterocycles. The Morgan fingerprint density at radius 1 is 0.793 bits per heavy atom. The Morgan fingerprint density at radius 3 is 2.21 bits per heavy atom. The highest BCUT2D eigenvalue weighted by molar-refractivity contribution is 5.83. The number of hydrogen-bond donors (Lipinski definition) is 2. The fourth-order valence-electron chi connectivity index (χ4n) is 2.74. The standard InChI is InChI=1S/C23H21FN2O3/c24-19-13-10-17(11-14-19)12-15-22(27)25-26-23(28)16-29-21-9-5-4-8-20(21)18-6-2-1-3-7-18/h1-11,13-14H,12,15-16H2,(H,25,27)(H,26,28). The summed E-state index contributed by atoms with van der Waals surface area (Å²) in [6.45, 7) is -0.234. The fraction of sp³-hybridized carbons (Fsp3) is 0.130. The SMILES string of the molecule is O=C(CCc1ccc(F)cc1)NNC(=O)COc1ccccc1-c1ccccc1. The van der Waals surface area contributed by atoms with Crippen molar-refractivity contribution in [3.63, 3.8) is 0 Å². The lowest BCUT2D eigenvalue weighted by molar-refractivity contribution is -0.130. The number of hydrogen-bond acceptors (Lipinski definition) is 3. The van der Waals surface area contributed by atoms with Crippen LogP contribution >= 0.6 is 0 Å². The second-order valence-electron chi connectivity index (χ2n) is 6.37. The van der Waals surface area contributed by atoms with E-state index in [1.807, 2.05) is 48.5 Å². The number of rotatable bonds is 7. The molecular weight excluding hydrogens is 371 g/mol. The molecule has 0 saturated heterocycles. The summed E-state index contributed by atoms with van der Waals surface area (Å²) < 4.78 is 18.5. The zero-order chi connectivity index (χ0) is 20.5. The molecule has 29 heavy (non-hydrogen) atoms. The number of nitrogens with one attached hydrogen (secondary N) is 2. The van der Waals surface area contributed by atoms with E-state index in [4.69, 9.17) is 4.74 Å². The Morgan fingerprint density at radius 2 is 1.45 bits per heavy atom. The largest absolute Gasteiger partial charge is 0.483 e. The Balaban J connectivity index is 1.44. The number of para-hydroxylation sites is 1. The maximum absolute atomic E-state index is 12.9. The lowest BCUT2D eigenvalue weighted by Gasteiger charge is -2.12. The second kappa shape index (κ2) is 10.0. The Labute approximate surface area is 168 Å². The smallest absolute Gasteiger partial charge is 0.276 e. The first-order valence-corrected chi connectivity index (χ1v) is 9.21.